The van der Waals surface area contributed by atoms with Crippen LogP contribution in [0.1, 0.15) is 12.5 Å². The highest BCUT2D eigenvalue weighted by atomic mass is 32.2. The van der Waals surface area contributed by atoms with Crippen LogP contribution in [0, 0.1) is 0 Å². The maximum Gasteiger partial charge on any atom is 0.178 e. The monoisotopic (exact) mass is 228 g/mol. The molecule has 3 N–H and O–H groups in total. The number of hydrogen-bond acceptors (Lipinski definition) is 4. The molecule has 0 aliphatic carbocycles. The highest BCUT2D eigenvalue weighted by Gasteiger charge is 2.15. The zero-order valence-corrected chi connectivity index (χ0v) is 9.76. The lowest BCUT2D eigenvalue weighted by molar-refractivity contribution is 0.596. The highest BCUT2D eigenvalue weighted by molar-refractivity contribution is 7.91. The van der Waals surface area contributed by atoms with Crippen LogP contribution in [0.2, 0.25) is 0 Å². The predicted octanol–water partition coefficient (Wildman–Crippen LogP) is 0.981. The quantitative estimate of drug-likeness (QED) is 0.805. The molecule has 84 valence electrons. The van der Waals surface area contributed by atoms with Gasteiger partial charge in [0.15, 0.2) is 9.84 Å². The van der Waals surface area contributed by atoms with E-state index in [1.165, 1.54) is 0 Å². The van der Waals surface area contributed by atoms with Crippen molar-refractivity contribution in [1.82, 2.24) is 0 Å². The van der Waals surface area contributed by atoms with Crippen molar-refractivity contribution in [3.8, 4) is 0 Å². The Bertz CT molecular complexity index is 441. The van der Waals surface area contributed by atoms with Gasteiger partial charge >= 0.3 is 0 Å². The van der Waals surface area contributed by atoms with Crippen LogP contribution in [0.15, 0.2) is 23.1 Å². The van der Waals surface area contributed by atoms with Gasteiger partial charge in [0.2, 0.25) is 0 Å². The molecule has 0 spiro atoms. The second-order valence-corrected chi connectivity index (χ2v) is 5.43. The number of nitrogens with one attached hydrogen (secondary N) is 1. The van der Waals surface area contributed by atoms with Gasteiger partial charge in [0.1, 0.15) is 0 Å². The van der Waals surface area contributed by atoms with Gasteiger partial charge in [0.25, 0.3) is 0 Å². The normalized spacial score (nSPS) is 11.4. The van der Waals surface area contributed by atoms with Crippen molar-refractivity contribution < 1.29 is 8.42 Å². The summed E-state index contributed by atoms with van der Waals surface area (Å²) in [5, 5.41) is 2.95. The lowest BCUT2D eigenvalue weighted by Gasteiger charge is -2.09. The van der Waals surface area contributed by atoms with Crippen LogP contribution in [0.5, 0.6) is 0 Å². The van der Waals surface area contributed by atoms with Crippen LogP contribution < -0.4 is 11.1 Å². The highest BCUT2D eigenvalue weighted by Crippen LogP contribution is 2.20. The Balaban J connectivity index is 3.31. The van der Waals surface area contributed by atoms with Gasteiger partial charge in [0.05, 0.1) is 10.6 Å². The Morgan fingerprint density at radius 1 is 1.40 bits per heavy atom. The second-order valence-electron chi connectivity index (χ2n) is 3.18. The van der Waals surface area contributed by atoms with Crippen molar-refractivity contribution in [2.24, 2.45) is 5.73 Å². The smallest absolute Gasteiger partial charge is 0.178 e. The van der Waals surface area contributed by atoms with Crippen LogP contribution in [0.4, 0.5) is 5.69 Å². The van der Waals surface area contributed by atoms with Crippen LogP contribution in [-0.4, -0.2) is 21.2 Å². The molecule has 1 aromatic rings. The van der Waals surface area contributed by atoms with Gasteiger partial charge < -0.3 is 11.1 Å². The Labute approximate surface area is 90.4 Å². The molecule has 0 aliphatic heterocycles. The Morgan fingerprint density at radius 2 is 2.07 bits per heavy atom. The van der Waals surface area contributed by atoms with E-state index in [0.717, 1.165) is 5.69 Å². The minimum atomic E-state index is -3.17. The predicted molar refractivity (Wildman–Crippen MR) is 61.6 cm³/mol. The number of rotatable bonds is 4. The first-order valence-corrected chi connectivity index (χ1v) is 6.44. The SMILES string of the molecule is CCS(=O)(=O)c1ccc(NC)cc1CN. The van der Waals surface area contributed by atoms with Crippen LogP contribution in [-0.2, 0) is 16.4 Å². The van der Waals surface area contributed by atoms with Crippen molar-refractivity contribution in [3.63, 3.8) is 0 Å². The summed E-state index contributed by atoms with van der Waals surface area (Å²) in [6, 6.07) is 5.11. The van der Waals surface area contributed by atoms with Crippen LogP contribution in [0.3, 0.4) is 0 Å². The third-order valence-corrected chi connectivity index (χ3v) is 4.11. The molecule has 0 radical (unpaired) electrons. The molecule has 0 saturated carbocycles. The van der Waals surface area contributed by atoms with E-state index in [1.54, 1.807) is 32.2 Å². The Kier molecular flexibility index (Phi) is 3.71. The molecule has 0 amide bonds. The summed E-state index contributed by atoms with van der Waals surface area (Å²) in [4.78, 5) is 0.339. The van der Waals surface area contributed by atoms with E-state index >= 15 is 0 Å². The maximum absolute atomic E-state index is 11.7. The number of sulfone groups is 1. The molecule has 1 rings (SSSR count). The minimum Gasteiger partial charge on any atom is -0.388 e. The number of anilines is 1. The summed E-state index contributed by atoms with van der Waals surface area (Å²) in [5.41, 5.74) is 7.06. The standard InChI is InChI=1S/C10H16N2O2S/c1-3-15(13,14)10-5-4-9(12-2)6-8(10)7-11/h4-6,12H,3,7,11H2,1-2H3. The summed E-state index contributed by atoms with van der Waals surface area (Å²) in [6.45, 7) is 1.85. The molecule has 15 heavy (non-hydrogen) atoms. The summed E-state index contributed by atoms with van der Waals surface area (Å²) >= 11 is 0. The van der Waals surface area contributed by atoms with Crippen molar-refractivity contribution >= 4 is 15.5 Å². The van der Waals surface area contributed by atoms with Crippen molar-refractivity contribution in [1.29, 1.82) is 0 Å². The van der Waals surface area contributed by atoms with Crippen LogP contribution >= 0.6 is 0 Å². The first-order valence-electron chi connectivity index (χ1n) is 4.78. The van der Waals surface area contributed by atoms with Gasteiger partial charge in [-0.1, -0.05) is 6.92 Å². The zero-order valence-electron chi connectivity index (χ0n) is 8.95. The fraction of sp³-hybridized carbons (Fsp3) is 0.400. The molecule has 0 atom stereocenters. The fourth-order valence-corrected chi connectivity index (χ4v) is 2.48. The topological polar surface area (TPSA) is 72.2 Å². The average molecular weight is 228 g/mol. The molecule has 0 aromatic heterocycles. The second kappa shape index (κ2) is 4.63. The largest absolute Gasteiger partial charge is 0.388 e. The van der Waals surface area contributed by atoms with Gasteiger partial charge in [-0.25, -0.2) is 8.42 Å². The summed E-state index contributed by atoms with van der Waals surface area (Å²) < 4.78 is 23.4. The number of benzene rings is 1. The summed E-state index contributed by atoms with van der Waals surface area (Å²) in [7, 11) is -1.39. The van der Waals surface area contributed by atoms with E-state index in [9.17, 15) is 8.42 Å². The average Bonchev–Trinajstić information content (AvgIpc) is 2.28. The lowest BCUT2D eigenvalue weighted by atomic mass is 10.2. The molecule has 0 heterocycles. The molecule has 0 aliphatic rings. The number of hydrogen-bond donors (Lipinski definition) is 2. The summed E-state index contributed by atoms with van der Waals surface area (Å²) in [6.07, 6.45) is 0. The molecule has 0 bridgehead atoms. The Morgan fingerprint density at radius 3 is 2.53 bits per heavy atom. The first kappa shape index (κ1) is 12.0. The molecule has 4 nitrogen and oxygen atoms in total. The lowest BCUT2D eigenvalue weighted by Crippen LogP contribution is -2.10. The molecule has 0 fully saturated rings. The zero-order chi connectivity index (χ0) is 11.5. The first-order chi connectivity index (χ1) is 7.05. The molecular formula is C10H16N2O2S. The van der Waals surface area contributed by atoms with Crippen molar-refractivity contribution in [2.45, 2.75) is 18.4 Å². The van der Waals surface area contributed by atoms with E-state index in [4.69, 9.17) is 5.73 Å². The molecule has 1 aromatic carbocycles. The third kappa shape index (κ3) is 2.49. The molecule has 0 saturated heterocycles. The van der Waals surface area contributed by atoms with E-state index < -0.39 is 9.84 Å². The van der Waals surface area contributed by atoms with Gasteiger partial charge in [0, 0.05) is 19.3 Å². The van der Waals surface area contributed by atoms with Gasteiger partial charge in [-0.3, -0.25) is 0 Å². The van der Waals surface area contributed by atoms with E-state index in [0.29, 0.717) is 10.5 Å². The van der Waals surface area contributed by atoms with Gasteiger partial charge in [-0.15, -0.1) is 0 Å². The van der Waals surface area contributed by atoms with Crippen LogP contribution in [0.25, 0.3) is 0 Å². The van der Waals surface area contributed by atoms with Crippen molar-refractivity contribution in [2.75, 3.05) is 18.1 Å². The summed E-state index contributed by atoms with van der Waals surface area (Å²) in [5.74, 6) is 0.0961. The third-order valence-electron chi connectivity index (χ3n) is 2.28. The molecule has 5 heteroatoms. The van der Waals surface area contributed by atoms with Gasteiger partial charge in [-0.2, -0.15) is 0 Å². The minimum absolute atomic E-state index is 0.0961. The maximum atomic E-state index is 11.7. The molecular weight excluding hydrogens is 212 g/mol. The van der Waals surface area contributed by atoms with Gasteiger partial charge in [-0.05, 0) is 23.8 Å². The van der Waals surface area contributed by atoms with E-state index in [2.05, 4.69) is 5.32 Å². The molecule has 0 unspecified atom stereocenters. The van der Waals surface area contributed by atoms with E-state index in [1.807, 2.05) is 0 Å². The van der Waals surface area contributed by atoms with E-state index in [-0.39, 0.29) is 12.3 Å². The Hall–Kier alpha value is -1.07. The fourth-order valence-electron chi connectivity index (χ4n) is 1.35. The number of nitrogens with two attached hydrogens (primary N) is 1. The van der Waals surface area contributed by atoms with Crippen molar-refractivity contribution in [3.05, 3.63) is 23.8 Å².